The summed E-state index contributed by atoms with van der Waals surface area (Å²) in [5.41, 5.74) is 2.47. The third-order valence-electron chi connectivity index (χ3n) is 2.39. The number of hydrogen-bond donors (Lipinski definition) is 0. The topological polar surface area (TPSA) is 33.2 Å². The Bertz CT molecular complexity index is 506. The molecule has 0 atom stereocenters. The predicted octanol–water partition coefficient (Wildman–Crippen LogP) is 2.11. The van der Waals surface area contributed by atoms with Crippen LogP contribution in [0.15, 0.2) is 30.5 Å². The van der Waals surface area contributed by atoms with E-state index in [1.807, 2.05) is 37.2 Å². The molecule has 0 aliphatic rings. The van der Waals surface area contributed by atoms with Crippen molar-refractivity contribution >= 4 is 22.9 Å². The third-order valence-corrected chi connectivity index (χ3v) is 2.39. The van der Waals surface area contributed by atoms with Crippen LogP contribution in [0.4, 0.5) is 5.69 Å². The molecule has 0 aliphatic heterocycles. The number of fused-ring (bicyclic) bond motifs is 1. The summed E-state index contributed by atoms with van der Waals surface area (Å²) in [4.78, 5) is 17.1. The molecule has 2 aromatic rings. The average Bonchev–Trinajstić information content (AvgIpc) is 2.27. The minimum atomic E-state index is 0.635. The van der Waals surface area contributed by atoms with E-state index in [4.69, 9.17) is 0 Å². The number of carbonyl (C=O) groups excluding carboxylic acids is 1. The number of pyridine rings is 1. The molecule has 0 aliphatic carbocycles. The highest BCUT2D eigenvalue weighted by Crippen LogP contribution is 2.24. The fraction of sp³-hybridized carbons (Fsp3) is 0.167. The zero-order valence-corrected chi connectivity index (χ0v) is 8.77. The number of benzene rings is 1. The molecule has 1 heterocycles. The molecule has 1 aromatic carbocycles. The Labute approximate surface area is 88.3 Å². The Balaban J connectivity index is 2.82. The molecule has 3 heteroatoms. The summed E-state index contributed by atoms with van der Waals surface area (Å²) in [6.45, 7) is 0. The highest BCUT2D eigenvalue weighted by molar-refractivity contribution is 6.01. The molecule has 2 rings (SSSR count). The van der Waals surface area contributed by atoms with Crippen molar-refractivity contribution in [1.29, 1.82) is 0 Å². The van der Waals surface area contributed by atoms with E-state index < -0.39 is 0 Å². The van der Waals surface area contributed by atoms with Gasteiger partial charge in [-0.1, -0.05) is 12.1 Å². The summed E-state index contributed by atoms with van der Waals surface area (Å²) in [5.74, 6) is 0. The fourth-order valence-electron chi connectivity index (χ4n) is 1.67. The molecule has 0 fully saturated rings. The van der Waals surface area contributed by atoms with E-state index in [0.717, 1.165) is 22.9 Å². The maximum absolute atomic E-state index is 10.8. The molecule has 0 amide bonds. The number of aldehydes is 1. The molecular formula is C12H12N2O. The van der Waals surface area contributed by atoms with Crippen LogP contribution in [0.2, 0.25) is 0 Å². The van der Waals surface area contributed by atoms with Crippen molar-refractivity contribution < 1.29 is 4.79 Å². The van der Waals surface area contributed by atoms with E-state index >= 15 is 0 Å². The number of anilines is 1. The lowest BCUT2D eigenvalue weighted by Gasteiger charge is -2.15. The van der Waals surface area contributed by atoms with Gasteiger partial charge in [-0.25, -0.2) is 0 Å². The maximum atomic E-state index is 10.8. The van der Waals surface area contributed by atoms with Crippen molar-refractivity contribution in [2.45, 2.75) is 0 Å². The second kappa shape index (κ2) is 3.69. The number of hydrogen-bond acceptors (Lipinski definition) is 3. The molecule has 1 aromatic heterocycles. The van der Waals surface area contributed by atoms with Crippen LogP contribution in [0.5, 0.6) is 0 Å². The van der Waals surface area contributed by atoms with Crippen molar-refractivity contribution in [3.63, 3.8) is 0 Å². The molecule has 3 nitrogen and oxygen atoms in total. The number of aromatic nitrogens is 1. The zero-order chi connectivity index (χ0) is 10.8. The van der Waals surface area contributed by atoms with Crippen LogP contribution in [0.3, 0.4) is 0 Å². The van der Waals surface area contributed by atoms with Gasteiger partial charge in [0.05, 0.1) is 5.52 Å². The van der Waals surface area contributed by atoms with Crippen LogP contribution in [0.1, 0.15) is 10.4 Å². The Morgan fingerprint density at radius 1 is 1.27 bits per heavy atom. The molecule has 0 saturated carbocycles. The van der Waals surface area contributed by atoms with E-state index in [2.05, 4.69) is 4.98 Å². The average molecular weight is 200 g/mol. The Kier molecular flexibility index (Phi) is 2.37. The molecule has 76 valence electrons. The number of rotatable bonds is 2. The summed E-state index contributed by atoms with van der Waals surface area (Å²) in [7, 11) is 3.95. The first-order valence-corrected chi connectivity index (χ1v) is 4.74. The van der Waals surface area contributed by atoms with Gasteiger partial charge in [0.25, 0.3) is 0 Å². The quantitative estimate of drug-likeness (QED) is 0.696. The smallest absolute Gasteiger partial charge is 0.152 e. The van der Waals surface area contributed by atoms with Crippen LogP contribution >= 0.6 is 0 Å². The third kappa shape index (κ3) is 1.56. The van der Waals surface area contributed by atoms with Crippen LogP contribution < -0.4 is 4.90 Å². The molecular weight excluding hydrogens is 188 g/mol. The van der Waals surface area contributed by atoms with Gasteiger partial charge in [-0.2, -0.15) is 0 Å². The second-order valence-electron chi connectivity index (χ2n) is 3.59. The predicted molar refractivity (Wildman–Crippen MR) is 61.5 cm³/mol. The van der Waals surface area contributed by atoms with Crippen molar-refractivity contribution in [3.8, 4) is 0 Å². The van der Waals surface area contributed by atoms with Gasteiger partial charge in [-0.3, -0.25) is 9.78 Å². The minimum Gasteiger partial charge on any atom is -0.377 e. The molecule has 0 bridgehead atoms. The summed E-state index contributed by atoms with van der Waals surface area (Å²) in [6.07, 6.45) is 2.57. The molecule has 0 unspecified atom stereocenters. The minimum absolute atomic E-state index is 0.635. The molecule has 0 saturated heterocycles. The number of para-hydroxylation sites is 1. The summed E-state index contributed by atoms with van der Waals surface area (Å²) in [5, 5.41) is 1.01. The molecule has 0 spiro atoms. The van der Waals surface area contributed by atoms with Gasteiger partial charge in [0.1, 0.15) is 0 Å². The summed E-state index contributed by atoms with van der Waals surface area (Å²) in [6, 6.07) is 7.57. The highest BCUT2D eigenvalue weighted by Gasteiger charge is 2.06. The first kappa shape index (κ1) is 9.65. The first-order chi connectivity index (χ1) is 7.24. The monoisotopic (exact) mass is 200 g/mol. The van der Waals surface area contributed by atoms with Gasteiger partial charge in [-0.05, 0) is 12.1 Å². The van der Waals surface area contributed by atoms with E-state index in [0.29, 0.717) is 5.56 Å². The summed E-state index contributed by atoms with van der Waals surface area (Å²) < 4.78 is 0. The SMILES string of the molecule is CN(C)c1ccnc2c(C=O)cccc12. The molecule has 0 radical (unpaired) electrons. The highest BCUT2D eigenvalue weighted by atomic mass is 16.1. The van der Waals surface area contributed by atoms with E-state index in [-0.39, 0.29) is 0 Å². The zero-order valence-electron chi connectivity index (χ0n) is 8.77. The van der Waals surface area contributed by atoms with Crippen molar-refractivity contribution in [2.75, 3.05) is 19.0 Å². The molecule has 0 N–H and O–H groups in total. The maximum Gasteiger partial charge on any atom is 0.152 e. The van der Waals surface area contributed by atoms with Crippen molar-refractivity contribution in [3.05, 3.63) is 36.0 Å². The first-order valence-electron chi connectivity index (χ1n) is 4.74. The Morgan fingerprint density at radius 3 is 2.73 bits per heavy atom. The van der Waals surface area contributed by atoms with Crippen molar-refractivity contribution in [1.82, 2.24) is 4.98 Å². The lowest BCUT2D eigenvalue weighted by atomic mass is 10.1. The lowest BCUT2D eigenvalue weighted by Crippen LogP contribution is -2.09. The largest absolute Gasteiger partial charge is 0.377 e. The van der Waals surface area contributed by atoms with Crippen LogP contribution in [0, 0.1) is 0 Å². The standard InChI is InChI=1S/C12H12N2O/c1-14(2)11-6-7-13-12-9(8-15)4-3-5-10(11)12/h3-8H,1-2H3. The second-order valence-corrected chi connectivity index (χ2v) is 3.59. The van der Waals surface area contributed by atoms with Gasteiger partial charge in [0.15, 0.2) is 6.29 Å². The fourth-order valence-corrected chi connectivity index (χ4v) is 1.67. The number of nitrogens with zero attached hydrogens (tertiary/aromatic N) is 2. The van der Waals surface area contributed by atoms with Gasteiger partial charge in [-0.15, -0.1) is 0 Å². The van der Waals surface area contributed by atoms with Crippen LogP contribution in [-0.4, -0.2) is 25.4 Å². The number of carbonyl (C=O) groups is 1. The summed E-state index contributed by atoms with van der Waals surface area (Å²) >= 11 is 0. The van der Waals surface area contributed by atoms with Crippen LogP contribution in [0.25, 0.3) is 10.9 Å². The van der Waals surface area contributed by atoms with Gasteiger partial charge < -0.3 is 4.90 Å². The Morgan fingerprint density at radius 2 is 2.07 bits per heavy atom. The normalized spacial score (nSPS) is 10.3. The lowest BCUT2D eigenvalue weighted by molar-refractivity contribution is 0.112. The van der Waals surface area contributed by atoms with E-state index in [1.165, 1.54) is 0 Å². The van der Waals surface area contributed by atoms with Gasteiger partial charge in [0.2, 0.25) is 0 Å². The van der Waals surface area contributed by atoms with E-state index in [1.54, 1.807) is 12.3 Å². The van der Waals surface area contributed by atoms with Crippen LogP contribution in [-0.2, 0) is 0 Å². The van der Waals surface area contributed by atoms with Gasteiger partial charge >= 0.3 is 0 Å². The van der Waals surface area contributed by atoms with E-state index in [9.17, 15) is 4.79 Å². The van der Waals surface area contributed by atoms with Gasteiger partial charge in [0, 0.05) is 36.9 Å². The Hall–Kier alpha value is -1.90. The molecule has 15 heavy (non-hydrogen) atoms. The van der Waals surface area contributed by atoms with Crippen molar-refractivity contribution in [2.24, 2.45) is 0 Å².